The van der Waals surface area contributed by atoms with E-state index in [4.69, 9.17) is 0 Å². The predicted octanol–water partition coefficient (Wildman–Crippen LogP) is 3.12. The van der Waals surface area contributed by atoms with Gasteiger partial charge in [0.1, 0.15) is 0 Å². The van der Waals surface area contributed by atoms with Crippen molar-refractivity contribution in [3.05, 3.63) is 82.4 Å². The van der Waals surface area contributed by atoms with E-state index in [0.29, 0.717) is 5.69 Å². The maximum Gasteiger partial charge on any atom is 0.272 e. The van der Waals surface area contributed by atoms with Crippen LogP contribution in [0.1, 0.15) is 50.9 Å². The second-order valence-corrected chi connectivity index (χ2v) is 6.48. The molecule has 0 radical (unpaired) electrons. The van der Waals surface area contributed by atoms with Crippen molar-refractivity contribution in [1.82, 2.24) is 20.5 Å². The van der Waals surface area contributed by atoms with Gasteiger partial charge >= 0.3 is 0 Å². The number of aromatic amines is 1. The molecule has 1 amide bonds. The summed E-state index contributed by atoms with van der Waals surface area (Å²) in [6.45, 7) is 2.05. The number of rotatable bonds is 4. The van der Waals surface area contributed by atoms with Crippen LogP contribution in [-0.2, 0) is 12.8 Å². The van der Waals surface area contributed by atoms with Crippen LogP contribution in [0.5, 0.6) is 0 Å². The molecule has 126 valence electrons. The Bertz CT molecular complexity index is 884. The number of hydrogen-bond donors (Lipinski definition) is 2. The van der Waals surface area contributed by atoms with Gasteiger partial charge in [0.15, 0.2) is 5.69 Å². The van der Waals surface area contributed by atoms with E-state index in [-0.39, 0.29) is 11.9 Å². The van der Waals surface area contributed by atoms with Gasteiger partial charge in [-0.1, -0.05) is 29.8 Å². The van der Waals surface area contributed by atoms with Crippen LogP contribution in [0.2, 0.25) is 0 Å². The number of aromatic nitrogens is 3. The first-order valence-corrected chi connectivity index (χ1v) is 8.56. The van der Waals surface area contributed by atoms with Crippen molar-refractivity contribution in [2.75, 3.05) is 0 Å². The molecule has 2 N–H and O–H groups in total. The number of nitrogens with one attached hydrogen (secondary N) is 2. The molecular formula is C20H20N4O. The largest absolute Gasteiger partial charge is 0.340 e. The first kappa shape index (κ1) is 15.6. The van der Waals surface area contributed by atoms with Crippen molar-refractivity contribution in [3.8, 4) is 0 Å². The van der Waals surface area contributed by atoms with Crippen molar-refractivity contribution >= 4 is 5.91 Å². The van der Waals surface area contributed by atoms with Crippen molar-refractivity contribution in [2.24, 2.45) is 0 Å². The highest BCUT2D eigenvalue weighted by molar-refractivity contribution is 5.94. The van der Waals surface area contributed by atoms with E-state index >= 15 is 0 Å². The number of nitrogens with zero attached hydrogens (tertiary/aromatic N) is 2. The Labute approximate surface area is 146 Å². The summed E-state index contributed by atoms with van der Waals surface area (Å²) in [4.78, 5) is 17.0. The van der Waals surface area contributed by atoms with Gasteiger partial charge in [-0.05, 0) is 49.4 Å². The molecule has 1 aliphatic rings. The fourth-order valence-electron chi connectivity index (χ4n) is 3.38. The fraction of sp³-hybridized carbons (Fsp3) is 0.250. The van der Waals surface area contributed by atoms with Crippen LogP contribution >= 0.6 is 0 Å². The Kier molecular flexibility index (Phi) is 4.06. The normalized spacial score (nSPS) is 14.1. The fourth-order valence-corrected chi connectivity index (χ4v) is 3.38. The minimum Gasteiger partial charge on any atom is -0.340 e. The Hall–Kier alpha value is -2.95. The molecule has 1 aromatic carbocycles. The molecule has 1 aliphatic carbocycles. The number of fused-ring (bicyclic) bond motifs is 1. The van der Waals surface area contributed by atoms with Gasteiger partial charge in [-0.3, -0.25) is 14.9 Å². The quantitative estimate of drug-likeness (QED) is 0.771. The van der Waals surface area contributed by atoms with Gasteiger partial charge in [0.2, 0.25) is 0 Å². The molecule has 5 heteroatoms. The summed E-state index contributed by atoms with van der Waals surface area (Å²) in [5.74, 6) is -0.137. The summed E-state index contributed by atoms with van der Waals surface area (Å²) in [6.07, 6.45) is 6.46. The van der Waals surface area contributed by atoms with Gasteiger partial charge in [0.05, 0.1) is 6.04 Å². The van der Waals surface area contributed by atoms with Crippen LogP contribution in [0.4, 0.5) is 0 Å². The summed E-state index contributed by atoms with van der Waals surface area (Å²) in [6, 6.07) is 11.8. The number of benzene rings is 1. The van der Waals surface area contributed by atoms with Crippen LogP contribution in [0.25, 0.3) is 0 Å². The third kappa shape index (κ3) is 3.05. The van der Waals surface area contributed by atoms with Crippen molar-refractivity contribution < 1.29 is 4.79 Å². The zero-order chi connectivity index (χ0) is 17.2. The van der Waals surface area contributed by atoms with Crippen LogP contribution < -0.4 is 5.32 Å². The smallest absolute Gasteiger partial charge is 0.272 e. The summed E-state index contributed by atoms with van der Waals surface area (Å²) in [5, 5.41) is 10.4. The van der Waals surface area contributed by atoms with Crippen LogP contribution in [0.3, 0.4) is 0 Å². The lowest BCUT2D eigenvalue weighted by Crippen LogP contribution is -2.30. The van der Waals surface area contributed by atoms with Crippen LogP contribution in [-0.4, -0.2) is 21.1 Å². The van der Waals surface area contributed by atoms with Crippen LogP contribution in [0, 0.1) is 6.92 Å². The molecule has 2 aromatic heterocycles. The molecule has 0 fully saturated rings. The Morgan fingerprint density at radius 3 is 2.56 bits per heavy atom. The monoisotopic (exact) mass is 332 g/mol. The lowest BCUT2D eigenvalue weighted by molar-refractivity contribution is 0.0937. The molecular weight excluding hydrogens is 312 g/mol. The maximum absolute atomic E-state index is 12.9. The van der Waals surface area contributed by atoms with Gasteiger partial charge < -0.3 is 5.32 Å². The summed E-state index contributed by atoms with van der Waals surface area (Å²) in [7, 11) is 0. The molecule has 5 nitrogen and oxygen atoms in total. The topological polar surface area (TPSA) is 70.7 Å². The number of carbonyl (C=O) groups excluding carboxylic acids is 1. The number of carbonyl (C=O) groups is 1. The highest BCUT2D eigenvalue weighted by Crippen LogP contribution is 2.25. The SMILES string of the molecule is Cc1ccc(C(NC(=O)c2n[nH]c3c2CCC3)c2ccncc2)cc1. The molecule has 0 spiro atoms. The first-order chi connectivity index (χ1) is 12.2. The van der Waals surface area contributed by atoms with Crippen LogP contribution in [0.15, 0.2) is 48.8 Å². The molecule has 0 saturated carbocycles. The van der Waals surface area contributed by atoms with E-state index in [2.05, 4.69) is 51.7 Å². The third-order valence-corrected chi connectivity index (χ3v) is 4.75. The number of pyridine rings is 1. The van der Waals surface area contributed by atoms with Gasteiger partial charge in [-0.2, -0.15) is 5.10 Å². The van der Waals surface area contributed by atoms with E-state index in [1.54, 1.807) is 12.4 Å². The lowest BCUT2D eigenvalue weighted by Gasteiger charge is -2.19. The van der Waals surface area contributed by atoms with Crippen molar-refractivity contribution in [1.29, 1.82) is 0 Å². The molecule has 1 unspecified atom stereocenters. The average Bonchev–Trinajstić information content (AvgIpc) is 3.25. The Morgan fingerprint density at radius 2 is 1.80 bits per heavy atom. The number of H-pyrrole nitrogens is 1. The predicted molar refractivity (Wildman–Crippen MR) is 95.3 cm³/mol. The van der Waals surface area contributed by atoms with Gasteiger partial charge in [-0.25, -0.2) is 0 Å². The van der Waals surface area contributed by atoms with E-state index in [1.807, 2.05) is 12.1 Å². The summed E-state index contributed by atoms with van der Waals surface area (Å²) in [5.41, 5.74) is 5.92. The molecule has 25 heavy (non-hydrogen) atoms. The van der Waals surface area contributed by atoms with Gasteiger partial charge in [0, 0.05) is 23.7 Å². The summed E-state index contributed by atoms with van der Waals surface area (Å²) >= 11 is 0. The van der Waals surface area contributed by atoms with E-state index in [9.17, 15) is 4.79 Å². The number of aryl methyl sites for hydroxylation is 2. The maximum atomic E-state index is 12.9. The van der Waals surface area contributed by atoms with Gasteiger partial charge in [0.25, 0.3) is 5.91 Å². The highest BCUT2D eigenvalue weighted by Gasteiger charge is 2.25. The van der Waals surface area contributed by atoms with E-state index in [1.165, 1.54) is 5.56 Å². The Morgan fingerprint density at radius 1 is 1.08 bits per heavy atom. The number of amides is 1. The third-order valence-electron chi connectivity index (χ3n) is 4.75. The summed E-state index contributed by atoms with van der Waals surface area (Å²) < 4.78 is 0. The van der Waals surface area contributed by atoms with Crippen molar-refractivity contribution in [3.63, 3.8) is 0 Å². The molecule has 0 saturated heterocycles. The first-order valence-electron chi connectivity index (χ1n) is 8.56. The minimum atomic E-state index is -0.232. The molecule has 3 aromatic rings. The molecule has 4 rings (SSSR count). The molecule has 0 bridgehead atoms. The zero-order valence-electron chi connectivity index (χ0n) is 14.1. The lowest BCUT2D eigenvalue weighted by atomic mass is 9.98. The zero-order valence-corrected chi connectivity index (χ0v) is 14.1. The van der Waals surface area contributed by atoms with E-state index in [0.717, 1.165) is 41.6 Å². The van der Waals surface area contributed by atoms with Crippen molar-refractivity contribution in [2.45, 2.75) is 32.2 Å². The second-order valence-electron chi connectivity index (χ2n) is 6.48. The molecule has 2 heterocycles. The second kappa shape index (κ2) is 6.51. The van der Waals surface area contributed by atoms with Gasteiger partial charge in [-0.15, -0.1) is 0 Å². The molecule has 1 atom stereocenters. The number of hydrogen-bond acceptors (Lipinski definition) is 3. The minimum absolute atomic E-state index is 0.137. The highest BCUT2D eigenvalue weighted by atomic mass is 16.2. The standard InChI is InChI=1S/C20H20N4O/c1-13-5-7-14(8-6-13)18(15-9-11-21-12-10-15)22-20(25)19-16-3-2-4-17(16)23-24-19/h5-12,18H,2-4H2,1H3,(H,22,25)(H,23,24). The Balaban J connectivity index is 1.66. The van der Waals surface area contributed by atoms with E-state index < -0.39 is 0 Å². The average molecular weight is 332 g/mol. The molecule has 0 aliphatic heterocycles.